The Morgan fingerprint density at radius 1 is 1.42 bits per heavy atom. The molecule has 0 aliphatic rings. The number of nitrogens with one attached hydrogen (secondary N) is 2. The third-order valence-corrected chi connectivity index (χ3v) is 3.58. The minimum atomic E-state index is -0.279. The molecular weight excluding hydrogens is 260 g/mol. The summed E-state index contributed by atoms with van der Waals surface area (Å²) in [5.74, 6) is 0.233. The van der Waals surface area contributed by atoms with E-state index in [1.165, 1.54) is 11.3 Å². The van der Waals surface area contributed by atoms with Gasteiger partial charge in [-0.3, -0.25) is 9.89 Å². The van der Waals surface area contributed by atoms with Gasteiger partial charge in [-0.1, -0.05) is 6.07 Å². The number of rotatable bonds is 2. The fourth-order valence-corrected chi connectivity index (χ4v) is 2.53. The van der Waals surface area contributed by atoms with Crippen molar-refractivity contribution in [2.24, 2.45) is 0 Å². The molecule has 3 aromatic rings. The highest BCUT2D eigenvalue weighted by molar-refractivity contribution is 7.17. The lowest BCUT2D eigenvalue weighted by Crippen LogP contribution is -2.12. The van der Waals surface area contributed by atoms with Gasteiger partial charge in [0.25, 0.3) is 5.91 Å². The Kier molecular flexibility index (Phi) is 2.74. The Balaban J connectivity index is 1.89. The molecule has 1 aromatic carbocycles. The maximum absolute atomic E-state index is 12.1. The first kappa shape index (κ1) is 11.4. The smallest absolute Gasteiger partial charge is 0.256 e. The predicted octanol–water partition coefficient (Wildman–Crippen LogP) is 2.75. The van der Waals surface area contributed by atoms with E-state index >= 15 is 0 Å². The van der Waals surface area contributed by atoms with Gasteiger partial charge < -0.3 is 5.32 Å². The number of hydrogen-bond donors (Lipinski definition) is 2. The number of aromatic nitrogens is 2. The van der Waals surface area contributed by atoms with Crippen LogP contribution in [-0.4, -0.2) is 16.1 Å². The summed E-state index contributed by atoms with van der Waals surface area (Å²) in [4.78, 5) is 12.1. The molecule has 0 unspecified atom stereocenters. The molecular formula is C13H8N4OS. The minimum absolute atomic E-state index is 0.279. The molecule has 0 spiro atoms. The van der Waals surface area contributed by atoms with Crippen molar-refractivity contribution in [3.63, 3.8) is 0 Å². The Bertz CT molecular complexity index is 796. The summed E-state index contributed by atoms with van der Waals surface area (Å²) in [6.45, 7) is 0. The van der Waals surface area contributed by atoms with Crippen molar-refractivity contribution in [3.8, 4) is 6.07 Å². The van der Waals surface area contributed by atoms with E-state index in [0.717, 1.165) is 10.2 Å². The Morgan fingerprint density at radius 3 is 3.16 bits per heavy atom. The lowest BCUT2D eigenvalue weighted by atomic mass is 10.1. The molecule has 92 valence electrons. The van der Waals surface area contributed by atoms with E-state index in [9.17, 15) is 4.79 Å². The highest BCUT2D eigenvalue weighted by Crippen LogP contribution is 2.26. The molecule has 3 rings (SSSR count). The maximum atomic E-state index is 12.1. The number of thiophene rings is 1. The van der Waals surface area contributed by atoms with E-state index in [1.54, 1.807) is 24.3 Å². The van der Waals surface area contributed by atoms with Crippen molar-refractivity contribution in [2.75, 3.05) is 5.32 Å². The van der Waals surface area contributed by atoms with Crippen LogP contribution in [0.4, 0.5) is 5.82 Å². The molecule has 0 saturated heterocycles. The average Bonchev–Trinajstić information content (AvgIpc) is 3.04. The minimum Gasteiger partial charge on any atom is -0.304 e. The van der Waals surface area contributed by atoms with E-state index in [4.69, 9.17) is 5.26 Å². The van der Waals surface area contributed by atoms with Gasteiger partial charge in [-0.2, -0.15) is 10.4 Å². The number of H-pyrrole nitrogens is 1. The summed E-state index contributed by atoms with van der Waals surface area (Å²) in [5.41, 5.74) is 1.79. The van der Waals surface area contributed by atoms with Crippen LogP contribution in [0.25, 0.3) is 10.2 Å². The number of benzene rings is 1. The molecule has 0 saturated carbocycles. The number of fused-ring (bicyclic) bond motifs is 1. The van der Waals surface area contributed by atoms with Gasteiger partial charge in [0.2, 0.25) is 0 Å². The Hall–Kier alpha value is -2.65. The van der Waals surface area contributed by atoms with Crippen molar-refractivity contribution in [1.29, 1.82) is 5.26 Å². The van der Waals surface area contributed by atoms with Crippen LogP contribution in [0.15, 0.2) is 35.7 Å². The molecule has 0 bridgehead atoms. The first-order chi connectivity index (χ1) is 9.28. The normalized spacial score (nSPS) is 10.3. The molecule has 0 aliphatic carbocycles. The fraction of sp³-hybridized carbons (Fsp3) is 0. The second-order valence-electron chi connectivity index (χ2n) is 3.88. The predicted molar refractivity (Wildman–Crippen MR) is 73.1 cm³/mol. The summed E-state index contributed by atoms with van der Waals surface area (Å²) in [5, 5.41) is 20.4. The van der Waals surface area contributed by atoms with Crippen LogP contribution in [-0.2, 0) is 0 Å². The Morgan fingerprint density at radius 2 is 2.32 bits per heavy atom. The zero-order valence-electron chi connectivity index (χ0n) is 9.68. The van der Waals surface area contributed by atoms with E-state index in [-0.39, 0.29) is 5.91 Å². The van der Waals surface area contributed by atoms with Gasteiger partial charge in [-0.05, 0) is 29.6 Å². The van der Waals surface area contributed by atoms with Crippen molar-refractivity contribution in [2.45, 2.75) is 0 Å². The number of nitriles is 1. The van der Waals surface area contributed by atoms with E-state index in [0.29, 0.717) is 16.9 Å². The fourth-order valence-electron chi connectivity index (χ4n) is 1.74. The molecule has 1 amide bonds. The number of anilines is 1. The van der Waals surface area contributed by atoms with Crippen molar-refractivity contribution in [1.82, 2.24) is 10.2 Å². The number of aromatic amines is 1. The van der Waals surface area contributed by atoms with Gasteiger partial charge in [0.15, 0.2) is 5.82 Å². The molecule has 2 aromatic heterocycles. The van der Waals surface area contributed by atoms with Crippen LogP contribution >= 0.6 is 11.3 Å². The SMILES string of the molecule is N#Cc1cccc(C(=O)Nc2n[nH]c3ccsc23)c1. The monoisotopic (exact) mass is 268 g/mol. The van der Waals surface area contributed by atoms with Crippen LogP contribution in [0.5, 0.6) is 0 Å². The van der Waals surface area contributed by atoms with Gasteiger partial charge in [0.1, 0.15) is 0 Å². The molecule has 6 heteroatoms. The average molecular weight is 268 g/mol. The third-order valence-electron chi connectivity index (χ3n) is 2.65. The number of nitrogens with zero attached hydrogens (tertiary/aromatic N) is 2. The standard InChI is InChI=1S/C13H8N4OS/c14-7-8-2-1-3-9(6-8)13(18)15-12-11-10(16-17-12)4-5-19-11/h1-6H,(H2,15,16,17,18). The molecule has 0 fully saturated rings. The molecule has 2 heterocycles. The quantitative estimate of drug-likeness (QED) is 0.749. The highest BCUT2D eigenvalue weighted by atomic mass is 32.1. The second-order valence-corrected chi connectivity index (χ2v) is 4.80. The van der Waals surface area contributed by atoms with Gasteiger partial charge in [-0.15, -0.1) is 11.3 Å². The van der Waals surface area contributed by atoms with Crippen LogP contribution < -0.4 is 5.32 Å². The van der Waals surface area contributed by atoms with Gasteiger partial charge in [0.05, 0.1) is 21.8 Å². The number of carbonyl (C=O) groups excluding carboxylic acids is 1. The van der Waals surface area contributed by atoms with Crippen molar-refractivity contribution in [3.05, 3.63) is 46.8 Å². The molecule has 0 radical (unpaired) electrons. The Labute approximate surface area is 112 Å². The highest BCUT2D eigenvalue weighted by Gasteiger charge is 2.12. The van der Waals surface area contributed by atoms with E-state index in [1.807, 2.05) is 17.5 Å². The summed E-state index contributed by atoms with van der Waals surface area (Å²) in [7, 11) is 0. The molecule has 2 N–H and O–H groups in total. The third kappa shape index (κ3) is 2.07. The first-order valence-electron chi connectivity index (χ1n) is 5.51. The van der Waals surface area contributed by atoms with Gasteiger partial charge >= 0.3 is 0 Å². The largest absolute Gasteiger partial charge is 0.304 e. The topological polar surface area (TPSA) is 81.6 Å². The second kappa shape index (κ2) is 4.55. The molecule has 0 atom stereocenters. The summed E-state index contributed by atoms with van der Waals surface area (Å²) in [6, 6.07) is 10.5. The van der Waals surface area contributed by atoms with Crippen LogP contribution in [0.1, 0.15) is 15.9 Å². The molecule has 19 heavy (non-hydrogen) atoms. The summed E-state index contributed by atoms with van der Waals surface area (Å²) in [6.07, 6.45) is 0. The maximum Gasteiger partial charge on any atom is 0.256 e. The summed E-state index contributed by atoms with van der Waals surface area (Å²) < 4.78 is 0.907. The van der Waals surface area contributed by atoms with Gasteiger partial charge in [-0.25, -0.2) is 0 Å². The van der Waals surface area contributed by atoms with Crippen LogP contribution in [0, 0.1) is 11.3 Å². The van der Waals surface area contributed by atoms with Crippen molar-refractivity contribution < 1.29 is 4.79 Å². The van der Waals surface area contributed by atoms with E-state index < -0.39 is 0 Å². The number of amides is 1. The first-order valence-corrected chi connectivity index (χ1v) is 6.39. The van der Waals surface area contributed by atoms with Gasteiger partial charge in [0, 0.05) is 5.56 Å². The van der Waals surface area contributed by atoms with E-state index in [2.05, 4.69) is 15.5 Å². The van der Waals surface area contributed by atoms with Crippen molar-refractivity contribution >= 4 is 33.3 Å². The lowest BCUT2D eigenvalue weighted by molar-refractivity contribution is 0.102. The zero-order valence-corrected chi connectivity index (χ0v) is 10.5. The molecule has 0 aliphatic heterocycles. The molecule has 5 nitrogen and oxygen atoms in total. The number of hydrogen-bond acceptors (Lipinski definition) is 4. The van der Waals surface area contributed by atoms with Crippen LogP contribution in [0.2, 0.25) is 0 Å². The van der Waals surface area contributed by atoms with Crippen LogP contribution in [0.3, 0.4) is 0 Å². The number of carbonyl (C=O) groups is 1. The zero-order chi connectivity index (χ0) is 13.2. The summed E-state index contributed by atoms with van der Waals surface area (Å²) >= 11 is 1.50. The lowest BCUT2D eigenvalue weighted by Gasteiger charge is -2.02.